The van der Waals surface area contributed by atoms with Gasteiger partial charge in [-0.25, -0.2) is 0 Å². The number of benzene rings is 4. The summed E-state index contributed by atoms with van der Waals surface area (Å²) in [5, 5.41) is 0. The molecule has 0 aliphatic rings. The fourth-order valence-corrected chi connectivity index (χ4v) is 3.86. The lowest BCUT2D eigenvalue weighted by Crippen LogP contribution is -2.27. The fraction of sp³-hybridized carbons (Fsp3) is 0.194. The second-order valence-corrected chi connectivity index (χ2v) is 8.50. The molecule has 0 bridgehead atoms. The van der Waals surface area contributed by atoms with Gasteiger partial charge in [-0.15, -0.1) is 0 Å². The minimum Gasteiger partial charge on any atom is -0.493 e. The van der Waals surface area contributed by atoms with Crippen LogP contribution in [-0.2, 0) is 24.6 Å². The second kappa shape index (κ2) is 12.5. The second-order valence-electron chi connectivity index (χ2n) is 8.50. The summed E-state index contributed by atoms with van der Waals surface area (Å²) < 4.78 is 22.5. The Kier molecular flexibility index (Phi) is 8.66. The molecule has 0 atom stereocenters. The van der Waals surface area contributed by atoms with Gasteiger partial charge in [0.25, 0.3) is 0 Å². The molecule has 4 aromatic rings. The average Bonchev–Trinajstić information content (AvgIpc) is 2.95. The molecule has 0 aliphatic carbocycles. The van der Waals surface area contributed by atoms with Gasteiger partial charge in [-0.2, -0.15) is 0 Å². The van der Waals surface area contributed by atoms with E-state index in [0.29, 0.717) is 31.3 Å². The fourth-order valence-electron chi connectivity index (χ4n) is 3.86. The van der Waals surface area contributed by atoms with Crippen LogP contribution in [0.2, 0.25) is 0 Å². The van der Waals surface area contributed by atoms with Crippen molar-refractivity contribution in [2.45, 2.75) is 26.7 Å². The van der Waals surface area contributed by atoms with Crippen LogP contribution in [0.5, 0.6) is 23.0 Å². The van der Waals surface area contributed by atoms with Gasteiger partial charge in [-0.1, -0.05) is 48.5 Å². The number of rotatable bonds is 11. The first-order chi connectivity index (χ1) is 18.1. The predicted molar refractivity (Wildman–Crippen MR) is 144 cm³/mol. The molecule has 6 heteroatoms. The summed E-state index contributed by atoms with van der Waals surface area (Å²) in [5.74, 6) is 2.79. The highest BCUT2D eigenvalue weighted by atomic mass is 16.5. The largest absolute Gasteiger partial charge is 0.493 e. The Hall–Kier alpha value is -4.45. The van der Waals surface area contributed by atoms with E-state index in [4.69, 9.17) is 18.9 Å². The van der Waals surface area contributed by atoms with Crippen molar-refractivity contribution in [3.63, 3.8) is 0 Å². The maximum atomic E-state index is 12.4. The Labute approximate surface area is 218 Å². The quantitative estimate of drug-likeness (QED) is 0.240. The summed E-state index contributed by atoms with van der Waals surface area (Å²) in [6.45, 7) is 2.92. The van der Waals surface area contributed by atoms with Gasteiger partial charge >= 0.3 is 0 Å². The number of hydrogen-bond acceptors (Lipinski definition) is 5. The number of carbonyl (C=O) groups excluding carboxylic acids is 1. The summed E-state index contributed by atoms with van der Waals surface area (Å²) in [7, 11) is 3.20. The van der Waals surface area contributed by atoms with Crippen LogP contribution in [0, 0.1) is 0 Å². The lowest BCUT2D eigenvalue weighted by Gasteiger charge is -2.22. The van der Waals surface area contributed by atoms with Crippen LogP contribution in [0.15, 0.2) is 97.1 Å². The highest BCUT2D eigenvalue weighted by Crippen LogP contribution is 2.29. The van der Waals surface area contributed by atoms with E-state index in [1.165, 1.54) is 0 Å². The number of amides is 1. The van der Waals surface area contributed by atoms with Gasteiger partial charge in [0, 0.05) is 12.6 Å². The molecule has 4 aromatic carbocycles. The zero-order valence-electron chi connectivity index (χ0n) is 21.3. The van der Waals surface area contributed by atoms with Gasteiger partial charge in [0.05, 0.1) is 20.8 Å². The van der Waals surface area contributed by atoms with Crippen molar-refractivity contribution in [2.24, 2.45) is 0 Å². The van der Waals surface area contributed by atoms with Crippen molar-refractivity contribution in [3.05, 3.63) is 114 Å². The van der Waals surface area contributed by atoms with Crippen LogP contribution >= 0.6 is 0 Å². The normalized spacial score (nSPS) is 10.5. The first-order valence-electron chi connectivity index (χ1n) is 12.0. The molecule has 0 spiro atoms. The maximum absolute atomic E-state index is 12.4. The third kappa shape index (κ3) is 7.04. The van der Waals surface area contributed by atoms with Gasteiger partial charge in [0.15, 0.2) is 11.5 Å². The molecule has 0 heterocycles. The summed E-state index contributed by atoms with van der Waals surface area (Å²) in [5.41, 5.74) is 3.88. The predicted octanol–water partition coefficient (Wildman–Crippen LogP) is 6.41. The molecule has 4 rings (SSSR count). The first-order valence-corrected chi connectivity index (χ1v) is 12.0. The van der Waals surface area contributed by atoms with Gasteiger partial charge in [0.2, 0.25) is 5.91 Å². The van der Waals surface area contributed by atoms with Crippen molar-refractivity contribution in [2.75, 3.05) is 19.1 Å². The monoisotopic (exact) mass is 497 g/mol. The van der Waals surface area contributed by atoms with Crippen LogP contribution in [-0.4, -0.2) is 20.1 Å². The van der Waals surface area contributed by atoms with E-state index >= 15 is 0 Å². The number of carbonyl (C=O) groups is 1. The molecule has 0 saturated heterocycles. The Morgan fingerprint density at radius 2 is 1.19 bits per heavy atom. The maximum Gasteiger partial charge on any atom is 0.224 e. The molecule has 190 valence electrons. The molecule has 0 unspecified atom stereocenters. The Balaban J connectivity index is 1.33. The van der Waals surface area contributed by atoms with Crippen LogP contribution in [0.25, 0.3) is 0 Å². The van der Waals surface area contributed by atoms with E-state index < -0.39 is 0 Å². The van der Waals surface area contributed by atoms with Crippen molar-refractivity contribution in [1.29, 1.82) is 0 Å². The van der Waals surface area contributed by atoms with Gasteiger partial charge in [-0.3, -0.25) is 4.79 Å². The van der Waals surface area contributed by atoms with Crippen molar-refractivity contribution < 1.29 is 23.7 Å². The van der Waals surface area contributed by atoms with Crippen molar-refractivity contribution in [3.8, 4) is 23.0 Å². The van der Waals surface area contributed by atoms with Crippen LogP contribution in [0.3, 0.4) is 0 Å². The highest BCUT2D eigenvalue weighted by molar-refractivity contribution is 5.91. The molecule has 0 aliphatic heterocycles. The molecule has 0 fully saturated rings. The molecular weight excluding hydrogens is 466 g/mol. The molecule has 6 nitrogen and oxygen atoms in total. The van der Waals surface area contributed by atoms with E-state index in [-0.39, 0.29) is 5.91 Å². The van der Waals surface area contributed by atoms with Crippen LogP contribution in [0.1, 0.15) is 23.6 Å². The zero-order chi connectivity index (χ0) is 26.0. The first kappa shape index (κ1) is 25.6. The Bertz CT molecular complexity index is 1290. The summed E-state index contributed by atoms with van der Waals surface area (Å²) in [4.78, 5) is 14.1. The Morgan fingerprint density at radius 1 is 0.649 bits per heavy atom. The van der Waals surface area contributed by atoms with Crippen LogP contribution < -0.4 is 23.8 Å². The minimum atomic E-state index is -0.0478. The van der Waals surface area contributed by atoms with Crippen molar-refractivity contribution >= 4 is 11.6 Å². The zero-order valence-corrected chi connectivity index (χ0v) is 21.3. The summed E-state index contributed by atoms with van der Waals surface area (Å²) >= 11 is 0. The van der Waals surface area contributed by atoms with E-state index in [0.717, 1.165) is 33.9 Å². The van der Waals surface area contributed by atoms with E-state index in [1.807, 2.05) is 97.1 Å². The standard InChI is InChI=1S/C31H31NO5/c1-23(33)32(20-26-11-18-30(34-2)31(19-26)35-3)27-12-9-25(10-13-27)22-37-29-16-14-28(15-17-29)36-21-24-7-5-4-6-8-24/h4-19H,20-22H2,1-3H3. The Morgan fingerprint density at radius 3 is 1.73 bits per heavy atom. The van der Waals surface area contributed by atoms with E-state index in [9.17, 15) is 4.79 Å². The molecular formula is C31H31NO5. The number of nitrogens with zero attached hydrogens (tertiary/aromatic N) is 1. The number of ether oxygens (including phenoxy) is 4. The van der Waals surface area contributed by atoms with Gasteiger partial charge in [0.1, 0.15) is 24.7 Å². The minimum absolute atomic E-state index is 0.0478. The topological polar surface area (TPSA) is 57.2 Å². The number of methoxy groups -OCH3 is 2. The summed E-state index contributed by atoms with van der Waals surface area (Å²) in [6, 6.07) is 31.1. The lowest BCUT2D eigenvalue weighted by atomic mass is 10.1. The number of hydrogen-bond donors (Lipinski definition) is 0. The average molecular weight is 498 g/mol. The van der Waals surface area contributed by atoms with Gasteiger partial charge in [-0.05, 0) is 65.2 Å². The third-order valence-corrected chi connectivity index (χ3v) is 5.89. The molecule has 0 saturated carbocycles. The van der Waals surface area contributed by atoms with Crippen molar-refractivity contribution in [1.82, 2.24) is 0 Å². The van der Waals surface area contributed by atoms with E-state index in [2.05, 4.69) is 0 Å². The molecule has 1 amide bonds. The third-order valence-electron chi connectivity index (χ3n) is 5.89. The molecule has 0 radical (unpaired) electrons. The lowest BCUT2D eigenvalue weighted by molar-refractivity contribution is -0.116. The number of anilines is 1. The van der Waals surface area contributed by atoms with Gasteiger partial charge < -0.3 is 23.8 Å². The van der Waals surface area contributed by atoms with Crippen LogP contribution in [0.4, 0.5) is 5.69 Å². The highest BCUT2D eigenvalue weighted by Gasteiger charge is 2.14. The smallest absolute Gasteiger partial charge is 0.224 e. The molecule has 0 N–H and O–H groups in total. The molecule has 37 heavy (non-hydrogen) atoms. The summed E-state index contributed by atoms with van der Waals surface area (Å²) in [6.07, 6.45) is 0. The molecule has 0 aromatic heterocycles. The van der Waals surface area contributed by atoms with E-state index in [1.54, 1.807) is 26.0 Å². The SMILES string of the molecule is COc1ccc(CN(C(C)=O)c2ccc(COc3ccc(OCc4ccccc4)cc3)cc2)cc1OC.